The van der Waals surface area contributed by atoms with Crippen LogP contribution in [0.25, 0.3) is 0 Å². The molecule has 14 heavy (non-hydrogen) atoms. The zero-order chi connectivity index (χ0) is 11.6. The SMILES string of the molecule is CC(C)CS(=O)(=O)S(=O)(=O)CC(C)C. The van der Waals surface area contributed by atoms with E-state index in [0.29, 0.717) is 0 Å². The number of rotatable bonds is 5. The second-order valence-corrected chi connectivity index (χ2v) is 10.2. The molecule has 0 saturated carbocycles. The van der Waals surface area contributed by atoms with Crippen LogP contribution in [-0.4, -0.2) is 28.3 Å². The molecule has 0 aromatic rings. The summed E-state index contributed by atoms with van der Waals surface area (Å²) in [5.41, 5.74) is 0. The highest BCUT2D eigenvalue weighted by atomic mass is 33.2. The zero-order valence-corrected chi connectivity index (χ0v) is 10.7. The molecular formula is C8H18O4S2. The molecule has 4 nitrogen and oxygen atoms in total. The summed E-state index contributed by atoms with van der Waals surface area (Å²) in [6.07, 6.45) is 0. The highest BCUT2D eigenvalue weighted by molar-refractivity contribution is 8.67. The van der Waals surface area contributed by atoms with Crippen molar-refractivity contribution in [2.75, 3.05) is 11.5 Å². The molecule has 0 unspecified atom stereocenters. The van der Waals surface area contributed by atoms with E-state index in [1.54, 1.807) is 27.7 Å². The quantitative estimate of drug-likeness (QED) is 0.676. The molecule has 0 rings (SSSR count). The van der Waals surface area contributed by atoms with E-state index in [9.17, 15) is 16.8 Å². The molecule has 0 saturated heterocycles. The Kier molecular flexibility index (Phi) is 4.58. The predicted octanol–water partition coefficient (Wildman–Crippen LogP) is 1.04. The lowest BCUT2D eigenvalue weighted by Gasteiger charge is -2.09. The predicted molar refractivity (Wildman–Crippen MR) is 57.2 cm³/mol. The van der Waals surface area contributed by atoms with Crippen molar-refractivity contribution in [1.29, 1.82) is 0 Å². The van der Waals surface area contributed by atoms with Gasteiger partial charge in [-0.2, -0.15) is 0 Å². The van der Waals surface area contributed by atoms with Crippen molar-refractivity contribution in [1.82, 2.24) is 0 Å². The van der Waals surface area contributed by atoms with E-state index in [0.717, 1.165) is 0 Å². The van der Waals surface area contributed by atoms with Crippen molar-refractivity contribution in [3.8, 4) is 0 Å². The van der Waals surface area contributed by atoms with Gasteiger partial charge < -0.3 is 0 Å². The Labute approximate surface area is 85.9 Å². The molecule has 0 amide bonds. The van der Waals surface area contributed by atoms with Crippen molar-refractivity contribution >= 4 is 17.7 Å². The van der Waals surface area contributed by atoms with Gasteiger partial charge in [0.25, 0.3) is 17.7 Å². The van der Waals surface area contributed by atoms with Crippen LogP contribution in [0, 0.1) is 11.8 Å². The largest absolute Gasteiger partial charge is 0.253 e. The average Bonchev–Trinajstić information content (AvgIpc) is 1.78. The van der Waals surface area contributed by atoms with Crippen molar-refractivity contribution in [3.63, 3.8) is 0 Å². The molecular weight excluding hydrogens is 224 g/mol. The van der Waals surface area contributed by atoms with Gasteiger partial charge in [-0.1, -0.05) is 27.7 Å². The average molecular weight is 242 g/mol. The molecule has 0 radical (unpaired) electrons. The first-order chi connectivity index (χ1) is 6.08. The van der Waals surface area contributed by atoms with Crippen molar-refractivity contribution in [2.45, 2.75) is 27.7 Å². The minimum atomic E-state index is -3.98. The second kappa shape index (κ2) is 4.61. The summed E-state index contributed by atoms with van der Waals surface area (Å²) in [7, 11) is -7.96. The molecule has 0 aliphatic rings. The summed E-state index contributed by atoms with van der Waals surface area (Å²) in [5, 5.41) is 0. The van der Waals surface area contributed by atoms with E-state index in [1.165, 1.54) is 0 Å². The van der Waals surface area contributed by atoms with Crippen molar-refractivity contribution < 1.29 is 16.8 Å². The van der Waals surface area contributed by atoms with E-state index >= 15 is 0 Å². The molecule has 0 atom stereocenters. The number of hydrogen-bond donors (Lipinski definition) is 0. The molecule has 0 aromatic carbocycles. The fourth-order valence-electron chi connectivity index (χ4n) is 1.02. The summed E-state index contributed by atoms with van der Waals surface area (Å²) in [5.74, 6) is -0.909. The fourth-order valence-corrected chi connectivity index (χ4v) is 5.95. The van der Waals surface area contributed by atoms with Gasteiger partial charge >= 0.3 is 0 Å². The maximum Gasteiger partial charge on any atom is 0.253 e. The molecule has 86 valence electrons. The highest BCUT2D eigenvalue weighted by Gasteiger charge is 2.30. The summed E-state index contributed by atoms with van der Waals surface area (Å²) in [4.78, 5) is 0. The van der Waals surface area contributed by atoms with E-state index in [1.807, 2.05) is 0 Å². The smallest absolute Gasteiger partial charge is 0.213 e. The summed E-state index contributed by atoms with van der Waals surface area (Å²) in [6.45, 7) is 6.73. The Morgan fingerprint density at radius 2 is 0.929 bits per heavy atom. The highest BCUT2D eigenvalue weighted by Crippen LogP contribution is 2.12. The molecule has 0 aliphatic heterocycles. The molecule has 0 fully saturated rings. The lowest BCUT2D eigenvalue weighted by Crippen LogP contribution is -2.26. The van der Waals surface area contributed by atoms with Crippen LogP contribution in [0.1, 0.15) is 27.7 Å². The van der Waals surface area contributed by atoms with Crippen LogP contribution in [0.15, 0.2) is 0 Å². The van der Waals surface area contributed by atoms with Crippen molar-refractivity contribution in [3.05, 3.63) is 0 Å². The van der Waals surface area contributed by atoms with Crippen molar-refractivity contribution in [2.24, 2.45) is 11.8 Å². The standard InChI is InChI=1S/C8H18O4S2/c1-7(2)5-13(9,10)14(11,12)6-8(3)4/h7-8H,5-6H2,1-4H3. The maximum absolute atomic E-state index is 11.4. The summed E-state index contributed by atoms with van der Waals surface area (Å²) in [6, 6.07) is 0. The van der Waals surface area contributed by atoms with Gasteiger partial charge in [-0.25, -0.2) is 16.8 Å². The van der Waals surface area contributed by atoms with Crippen LogP contribution < -0.4 is 0 Å². The first kappa shape index (κ1) is 13.9. The molecule has 0 spiro atoms. The van der Waals surface area contributed by atoms with Gasteiger partial charge in [0.1, 0.15) is 0 Å². The van der Waals surface area contributed by atoms with Crippen LogP contribution >= 0.6 is 0 Å². The third kappa shape index (κ3) is 3.96. The normalized spacial score (nSPS) is 13.9. The van der Waals surface area contributed by atoms with Crippen LogP contribution in [-0.2, 0) is 17.7 Å². The Morgan fingerprint density at radius 3 is 1.07 bits per heavy atom. The minimum Gasteiger partial charge on any atom is -0.213 e. The molecule has 0 N–H and O–H groups in total. The van der Waals surface area contributed by atoms with Gasteiger partial charge in [-0.05, 0) is 11.8 Å². The summed E-state index contributed by atoms with van der Waals surface area (Å²) < 4.78 is 45.6. The van der Waals surface area contributed by atoms with E-state index in [2.05, 4.69) is 0 Å². The maximum atomic E-state index is 11.4. The van der Waals surface area contributed by atoms with Gasteiger partial charge in [0.15, 0.2) is 0 Å². The second-order valence-electron chi connectivity index (χ2n) is 4.24. The van der Waals surface area contributed by atoms with Crippen LogP contribution in [0.2, 0.25) is 0 Å². The van der Waals surface area contributed by atoms with Gasteiger partial charge in [0.05, 0.1) is 11.5 Å². The Morgan fingerprint density at radius 1 is 0.714 bits per heavy atom. The zero-order valence-electron chi connectivity index (χ0n) is 9.02. The first-order valence-corrected chi connectivity index (χ1v) is 8.36. The monoisotopic (exact) mass is 242 g/mol. The third-order valence-electron chi connectivity index (χ3n) is 1.46. The molecule has 0 bridgehead atoms. The topological polar surface area (TPSA) is 68.3 Å². The Balaban J connectivity index is 4.92. The molecule has 0 aliphatic carbocycles. The lowest BCUT2D eigenvalue weighted by atomic mass is 10.3. The first-order valence-electron chi connectivity index (χ1n) is 4.54. The van der Waals surface area contributed by atoms with E-state index in [-0.39, 0.29) is 23.3 Å². The summed E-state index contributed by atoms with van der Waals surface area (Å²) >= 11 is 0. The molecule has 0 aromatic heterocycles. The number of hydrogen-bond acceptors (Lipinski definition) is 4. The van der Waals surface area contributed by atoms with Gasteiger partial charge in [-0.15, -0.1) is 0 Å². The molecule has 6 heteroatoms. The third-order valence-corrected chi connectivity index (χ3v) is 7.52. The molecule has 0 heterocycles. The van der Waals surface area contributed by atoms with Gasteiger partial charge in [-0.3, -0.25) is 0 Å². The van der Waals surface area contributed by atoms with Crippen LogP contribution in [0.3, 0.4) is 0 Å². The Hall–Kier alpha value is -0.100. The van der Waals surface area contributed by atoms with Gasteiger partial charge in [0, 0.05) is 0 Å². The van der Waals surface area contributed by atoms with E-state index < -0.39 is 17.7 Å². The Bertz CT molecular complexity index is 324. The van der Waals surface area contributed by atoms with Gasteiger partial charge in [0.2, 0.25) is 0 Å². The minimum absolute atomic E-state index is 0.165. The van der Waals surface area contributed by atoms with E-state index in [4.69, 9.17) is 0 Å². The fraction of sp³-hybridized carbons (Fsp3) is 1.00. The van der Waals surface area contributed by atoms with Crippen LogP contribution in [0.5, 0.6) is 0 Å². The lowest BCUT2D eigenvalue weighted by molar-refractivity contribution is 0.568. The van der Waals surface area contributed by atoms with Crippen LogP contribution in [0.4, 0.5) is 0 Å².